The molecule has 0 bridgehead atoms. The third-order valence-corrected chi connectivity index (χ3v) is 5.58. The fraction of sp³-hybridized carbons (Fsp3) is 0.474. The summed E-state index contributed by atoms with van der Waals surface area (Å²) in [5, 5.41) is 0. The first kappa shape index (κ1) is 20.6. The maximum absolute atomic E-state index is 13.0. The maximum atomic E-state index is 13.0. The van der Waals surface area contributed by atoms with Gasteiger partial charge in [0.2, 0.25) is 10.0 Å². The molecule has 0 saturated heterocycles. The van der Waals surface area contributed by atoms with Crippen LogP contribution in [-0.4, -0.2) is 32.1 Å². The van der Waals surface area contributed by atoms with Gasteiger partial charge in [0.05, 0.1) is 4.90 Å². The Bertz CT molecular complexity index is 608. The molecule has 4 nitrogen and oxygen atoms in total. The average molecular weight is 352 g/mol. The summed E-state index contributed by atoms with van der Waals surface area (Å²) in [7, 11) is -3.65. The van der Waals surface area contributed by atoms with Crippen LogP contribution in [-0.2, 0) is 14.8 Å². The zero-order valence-corrected chi connectivity index (χ0v) is 15.6. The summed E-state index contributed by atoms with van der Waals surface area (Å²) in [6, 6.07) is 6.85. The third kappa shape index (κ3) is 5.89. The lowest BCUT2D eigenvalue weighted by atomic mass is 10.2. The molecular formula is C19H29NO3S. The number of benzene rings is 1. The van der Waals surface area contributed by atoms with Crippen molar-refractivity contribution >= 4 is 10.0 Å². The molecule has 1 aromatic carbocycles. The van der Waals surface area contributed by atoms with Crippen molar-refractivity contribution < 1.29 is 13.2 Å². The van der Waals surface area contributed by atoms with E-state index in [2.05, 4.69) is 20.1 Å². The van der Waals surface area contributed by atoms with Gasteiger partial charge in [-0.2, -0.15) is 4.31 Å². The van der Waals surface area contributed by atoms with Gasteiger partial charge in [-0.3, -0.25) is 0 Å². The van der Waals surface area contributed by atoms with Crippen molar-refractivity contribution in [1.82, 2.24) is 4.31 Å². The SMILES string of the molecule is C=CCCN([C@H](C=C)OCCCCC)S(=O)(=O)c1ccc(C)cc1. The van der Waals surface area contributed by atoms with Gasteiger partial charge in [0.25, 0.3) is 0 Å². The lowest BCUT2D eigenvalue weighted by Crippen LogP contribution is -2.41. The van der Waals surface area contributed by atoms with Gasteiger partial charge in [0.1, 0.15) is 6.23 Å². The highest BCUT2D eigenvalue weighted by Crippen LogP contribution is 2.21. The van der Waals surface area contributed by atoms with Crippen LogP contribution >= 0.6 is 0 Å². The second kappa shape index (κ2) is 10.4. The minimum absolute atomic E-state index is 0.265. The van der Waals surface area contributed by atoms with E-state index < -0.39 is 16.3 Å². The first-order valence-electron chi connectivity index (χ1n) is 8.41. The Morgan fingerprint density at radius 3 is 2.42 bits per heavy atom. The van der Waals surface area contributed by atoms with Crippen molar-refractivity contribution in [3.63, 3.8) is 0 Å². The first-order chi connectivity index (χ1) is 11.5. The molecule has 0 amide bonds. The van der Waals surface area contributed by atoms with Crippen molar-refractivity contribution in [3.05, 3.63) is 55.1 Å². The standard InChI is InChI=1S/C19H29NO3S/c1-5-8-10-16-23-19(7-3)20(15-9-6-2)24(21,22)18-13-11-17(4)12-14-18/h6-7,11-14,19H,2-3,5,8-10,15-16H2,1,4H3/t19-/m0/s1. The second-order valence-corrected chi connectivity index (χ2v) is 7.60. The largest absolute Gasteiger partial charge is 0.358 e. The summed E-state index contributed by atoms with van der Waals surface area (Å²) in [5.41, 5.74) is 1.02. The van der Waals surface area contributed by atoms with E-state index in [4.69, 9.17) is 4.74 Å². The van der Waals surface area contributed by atoms with Gasteiger partial charge in [-0.15, -0.1) is 6.58 Å². The second-order valence-electron chi connectivity index (χ2n) is 5.71. The molecule has 0 saturated carbocycles. The van der Waals surface area contributed by atoms with Crippen LogP contribution < -0.4 is 0 Å². The van der Waals surface area contributed by atoms with Gasteiger partial charge in [0.15, 0.2) is 0 Å². The Labute approximate surface area is 146 Å². The van der Waals surface area contributed by atoms with Crippen molar-refractivity contribution in [1.29, 1.82) is 0 Å². The molecule has 0 aromatic heterocycles. The Morgan fingerprint density at radius 2 is 1.88 bits per heavy atom. The Kier molecular flexibility index (Phi) is 8.97. The average Bonchev–Trinajstić information content (AvgIpc) is 2.57. The topological polar surface area (TPSA) is 46.6 Å². The minimum Gasteiger partial charge on any atom is -0.358 e. The lowest BCUT2D eigenvalue weighted by molar-refractivity contribution is 0.0129. The molecule has 0 N–H and O–H groups in total. The number of hydrogen-bond donors (Lipinski definition) is 0. The normalized spacial score (nSPS) is 13.0. The highest BCUT2D eigenvalue weighted by Gasteiger charge is 2.29. The molecule has 0 aliphatic heterocycles. The van der Waals surface area contributed by atoms with E-state index >= 15 is 0 Å². The first-order valence-corrected chi connectivity index (χ1v) is 9.85. The van der Waals surface area contributed by atoms with E-state index in [1.165, 1.54) is 4.31 Å². The van der Waals surface area contributed by atoms with Crippen LogP contribution in [0.15, 0.2) is 54.5 Å². The van der Waals surface area contributed by atoms with Crippen LogP contribution in [0.4, 0.5) is 0 Å². The summed E-state index contributed by atoms with van der Waals surface area (Å²) >= 11 is 0. The molecule has 0 fully saturated rings. The predicted molar refractivity (Wildman–Crippen MR) is 99.3 cm³/mol. The van der Waals surface area contributed by atoms with E-state index in [9.17, 15) is 8.42 Å². The molecule has 0 radical (unpaired) electrons. The molecule has 1 rings (SSSR count). The zero-order chi connectivity index (χ0) is 18.0. The summed E-state index contributed by atoms with van der Waals surface area (Å²) in [6.07, 6.45) is 6.17. The van der Waals surface area contributed by atoms with E-state index in [-0.39, 0.29) is 4.90 Å². The summed E-state index contributed by atoms with van der Waals surface area (Å²) < 4.78 is 33.1. The molecular weight excluding hydrogens is 322 g/mol. The number of ether oxygens (including phenoxy) is 1. The van der Waals surface area contributed by atoms with Crippen LogP contribution in [0.5, 0.6) is 0 Å². The quantitative estimate of drug-likeness (QED) is 0.321. The van der Waals surface area contributed by atoms with Crippen LogP contribution in [0.25, 0.3) is 0 Å². The Morgan fingerprint density at radius 1 is 1.21 bits per heavy atom. The summed E-state index contributed by atoms with van der Waals surface area (Å²) in [5.74, 6) is 0. The molecule has 0 spiro atoms. The molecule has 134 valence electrons. The Hall–Kier alpha value is -1.43. The van der Waals surface area contributed by atoms with E-state index in [0.29, 0.717) is 19.6 Å². The van der Waals surface area contributed by atoms with Gasteiger partial charge < -0.3 is 4.74 Å². The van der Waals surface area contributed by atoms with Gasteiger partial charge in [-0.1, -0.05) is 50.1 Å². The van der Waals surface area contributed by atoms with E-state index in [1.807, 2.05) is 6.92 Å². The molecule has 0 unspecified atom stereocenters. The van der Waals surface area contributed by atoms with Gasteiger partial charge >= 0.3 is 0 Å². The predicted octanol–water partition coefficient (Wildman–Crippen LogP) is 4.28. The smallest absolute Gasteiger partial charge is 0.245 e. The highest BCUT2D eigenvalue weighted by atomic mass is 32.2. The molecule has 24 heavy (non-hydrogen) atoms. The number of rotatable bonds is 12. The van der Waals surface area contributed by atoms with Crippen molar-refractivity contribution in [2.45, 2.75) is 50.7 Å². The molecule has 0 heterocycles. The Balaban J connectivity index is 3.01. The molecule has 1 aromatic rings. The number of sulfonamides is 1. The van der Waals surface area contributed by atoms with E-state index in [1.54, 1.807) is 36.4 Å². The molecule has 1 atom stereocenters. The monoisotopic (exact) mass is 351 g/mol. The fourth-order valence-electron chi connectivity index (χ4n) is 2.27. The van der Waals surface area contributed by atoms with Crippen LogP contribution in [0.1, 0.15) is 38.2 Å². The minimum atomic E-state index is -3.65. The highest BCUT2D eigenvalue weighted by molar-refractivity contribution is 7.89. The van der Waals surface area contributed by atoms with Gasteiger partial charge in [0, 0.05) is 13.2 Å². The number of nitrogens with zero attached hydrogens (tertiary/aromatic N) is 1. The van der Waals surface area contributed by atoms with Crippen molar-refractivity contribution in [2.75, 3.05) is 13.2 Å². The van der Waals surface area contributed by atoms with Crippen molar-refractivity contribution in [2.24, 2.45) is 0 Å². The van der Waals surface area contributed by atoms with E-state index in [0.717, 1.165) is 24.8 Å². The summed E-state index contributed by atoms with van der Waals surface area (Å²) in [4.78, 5) is 0.265. The number of hydrogen-bond acceptors (Lipinski definition) is 3. The van der Waals surface area contributed by atoms with Gasteiger partial charge in [-0.25, -0.2) is 8.42 Å². The summed E-state index contributed by atoms with van der Waals surface area (Å²) in [6.45, 7) is 12.3. The van der Waals surface area contributed by atoms with Crippen LogP contribution in [0, 0.1) is 6.92 Å². The third-order valence-electron chi connectivity index (χ3n) is 3.70. The van der Waals surface area contributed by atoms with Gasteiger partial charge in [-0.05, 0) is 38.0 Å². The van der Waals surface area contributed by atoms with Crippen LogP contribution in [0.3, 0.4) is 0 Å². The molecule has 0 aliphatic carbocycles. The molecule has 5 heteroatoms. The maximum Gasteiger partial charge on any atom is 0.245 e. The fourth-order valence-corrected chi connectivity index (χ4v) is 3.79. The lowest BCUT2D eigenvalue weighted by Gasteiger charge is -2.28. The van der Waals surface area contributed by atoms with Crippen LogP contribution in [0.2, 0.25) is 0 Å². The number of unbranched alkanes of at least 4 members (excludes halogenated alkanes) is 2. The van der Waals surface area contributed by atoms with Crippen molar-refractivity contribution in [3.8, 4) is 0 Å². The zero-order valence-electron chi connectivity index (χ0n) is 14.8. The molecule has 0 aliphatic rings. The number of aryl methyl sites for hydroxylation is 1.